The number of halogens is 3. The lowest BCUT2D eigenvalue weighted by Gasteiger charge is -2.40. The lowest BCUT2D eigenvalue weighted by atomic mass is 9.87. The number of pyridine rings is 1. The Morgan fingerprint density at radius 3 is 2.36 bits per heavy atom. The third kappa shape index (κ3) is 7.44. The van der Waals surface area contributed by atoms with Crippen molar-refractivity contribution < 1.29 is 27.8 Å². The molecule has 33 heavy (non-hydrogen) atoms. The van der Waals surface area contributed by atoms with Crippen LogP contribution in [-0.4, -0.2) is 69.5 Å². The van der Waals surface area contributed by atoms with E-state index in [2.05, 4.69) is 10.4 Å². The first kappa shape index (κ1) is 27.1. The van der Waals surface area contributed by atoms with E-state index in [4.69, 9.17) is 10.6 Å². The van der Waals surface area contributed by atoms with Gasteiger partial charge in [0, 0.05) is 25.3 Å². The summed E-state index contributed by atoms with van der Waals surface area (Å²) in [4.78, 5) is 18.5. The van der Waals surface area contributed by atoms with Crippen LogP contribution in [0.4, 0.5) is 23.8 Å². The summed E-state index contributed by atoms with van der Waals surface area (Å²) in [6.07, 6.45) is -4.71. The van der Waals surface area contributed by atoms with E-state index in [9.17, 15) is 23.1 Å². The van der Waals surface area contributed by atoms with Gasteiger partial charge in [-0.1, -0.05) is 26.8 Å². The number of nitrogens with two attached hydrogens (primary N) is 1. The van der Waals surface area contributed by atoms with Crippen LogP contribution in [0.2, 0.25) is 0 Å². The van der Waals surface area contributed by atoms with E-state index in [1.165, 1.54) is 21.9 Å². The fraction of sp³-hybridized carbons (Fsp3) is 0.727. The number of aromatic nitrogens is 1. The van der Waals surface area contributed by atoms with Gasteiger partial charge >= 0.3 is 12.3 Å². The Kier molecular flexibility index (Phi) is 8.24. The monoisotopic (exact) mass is 475 g/mol. The molecule has 8 nitrogen and oxygen atoms in total. The molecular weight excluding hydrogens is 439 g/mol. The highest BCUT2D eigenvalue weighted by molar-refractivity contribution is 5.65. The molecule has 0 spiro atoms. The van der Waals surface area contributed by atoms with Crippen molar-refractivity contribution in [3.05, 3.63) is 23.9 Å². The van der Waals surface area contributed by atoms with Crippen LogP contribution in [0, 0.1) is 5.41 Å². The second-order valence-electron chi connectivity index (χ2n) is 10.5. The van der Waals surface area contributed by atoms with E-state index >= 15 is 0 Å². The Labute approximate surface area is 193 Å². The second kappa shape index (κ2) is 10.0. The molecule has 11 heteroatoms. The van der Waals surface area contributed by atoms with Crippen molar-refractivity contribution in [3.8, 4) is 0 Å². The molecule has 3 atom stereocenters. The summed E-state index contributed by atoms with van der Waals surface area (Å²) in [5.41, 5.74) is 1.41. The van der Waals surface area contributed by atoms with Gasteiger partial charge in [0.2, 0.25) is 0 Å². The number of amides is 1. The van der Waals surface area contributed by atoms with E-state index < -0.39 is 36.1 Å². The number of nitrogens with one attached hydrogen (secondary N) is 1. The Morgan fingerprint density at radius 1 is 1.30 bits per heavy atom. The van der Waals surface area contributed by atoms with Crippen molar-refractivity contribution in [1.29, 1.82) is 0 Å². The maximum atomic E-state index is 14.0. The van der Waals surface area contributed by atoms with Gasteiger partial charge in [0.1, 0.15) is 11.9 Å². The van der Waals surface area contributed by atoms with Gasteiger partial charge < -0.3 is 20.2 Å². The van der Waals surface area contributed by atoms with Crippen LogP contribution < -0.4 is 11.3 Å². The summed E-state index contributed by atoms with van der Waals surface area (Å²) < 4.78 is 48.2. The molecule has 1 aromatic heterocycles. The summed E-state index contributed by atoms with van der Waals surface area (Å²) in [6, 6.07) is 0.235. The van der Waals surface area contributed by atoms with E-state index in [1.54, 1.807) is 0 Å². The molecule has 1 unspecified atom stereocenters. The Morgan fingerprint density at radius 2 is 1.94 bits per heavy atom. The van der Waals surface area contributed by atoms with Crippen molar-refractivity contribution in [2.24, 2.45) is 11.3 Å². The van der Waals surface area contributed by atoms with Crippen LogP contribution in [0.3, 0.4) is 0 Å². The molecule has 1 aliphatic rings. The number of alkyl halides is 3. The van der Waals surface area contributed by atoms with Crippen molar-refractivity contribution in [3.63, 3.8) is 0 Å². The number of carbonyl (C=O) groups is 1. The van der Waals surface area contributed by atoms with Crippen LogP contribution in [0.25, 0.3) is 0 Å². The molecule has 0 bridgehead atoms. The van der Waals surface area contributed by atoms with E-state index in [-0.39, 0.29) is 36.4 Å². The number of carboxylic acid groups (broad SMARTS) is 1. The molecule has 0 radical (unpaired) electrons. The first-order valence-electron chi connectivity index (χ1n) is 10.9. The summed E-state index contributed by atoms with van der Waals surface area (Å²) in [6.45, 7) is 11.7. The molecule has 0 aromatic carbocycles. The normalized spacial score (nSPS) is 19.9. The summed E-state index contributed by atoms with van der Waals surface area (Å²) in [7, 11) is 0. The highest BCUT2D eigenvalue weighted by Crippen LogP contribution is 2.40. The minimum atomic E-state index is -4.55. The zero-order chi connectivity index (χ0) is 25.2. The van der Waals surface area contributed by atoms with Gasteiger partial charge in [-0.15, -0.1) is 0 Å². The molecule has 1 aromatic rings. The van der Waals surface area contributed by atoms with Crippen LogP contribution in [-0.2, 0) is 4.74 Å². The van der Waals surface area contributed by atoms with Gasteiger partial charge in [-0.25, -0.2) is 15.6 Å². The highest BCUT2D eigenvalue weighted by atomic mass is 19.4. The number of anilines is 1. The number of hydrogen-bond acceptors (Lipinski definition) is 6. The van der Waals surface area contributed by atoms with Crippen molar-refractivity contribution in [1.82, 2.24) is 14.8 Å². The molecular formula is C22H36F3N5O3. The quantitative estimate of drug-likeness (QED) is 0.400. The Bertz CT molecular complexity index is 790. The second-order valence-corrected chi connectivity index (χ2v) is 10.5. The summed E-state index contributed by atoms with van der Waals surface area (Å²) in [5.74, 6) is 5.51. The summed E-state index contributed by atoms with van der Waals surface area (Å²) in [5, 5.41) is 9.91. The fourth-order valence-electron chi connectivity index (χ4n) is 3.99. The van der Waals surface area contributed by atoms with E-state index in [0.29, 0.717) is 6.42 Å². The minimum absolute atomic E-state index is 0.0207. The first-order chi connectivity index (χ1) is 15.0. The van der Waals surface area contributed by atoms with Crippen LogP contribution in [0.1, 0.15) is 59.6 Å². The largest absolute Gasteiger partial charge is 0.465 e. The molecule has 1 fully saturated rings. The predicted molar refractivity (Wildman–Crippen MR) is 120 cm³/mol. The molecule has 1 amide bonds. The Hall–Kier alpha value is -2.11. The summed E-state index contributed by atoms with van der Waals surface area (Å²) >= 11 is 0. The number of likely N-dealkylation sites (tertiary alicyclic amines) is 1. The van der Waals surface area contributed by atoms with Crippen molar-refractivity contribution in [2.45, 2.75) is 77.9 Å². The fourth-order valence-corrected chi connectivity index (χ4v) is 3.99. The maximum Gasteiger partial charge on any atom is 0.408 e. The number of nitrogen functional groups attached to an aromatic ring is 1. The molecule has 2 heterocycles. The molecule has 4 N–H and O–H groups in total. The average molecular weight is 476 g/mol. The minimum Gasteiger partial charge on any atom is -0.465 e. The van der Waals surface area contributed by atoms with Gasteiger partial charge in [-0.05, 0) is 44.2 Å². The smallest absolute Gasteiger partial charge is 0.408 e. The standard InChI is InChI=1S/C22H36F3N5O3/c1-20(2,3)16(33-21(4,5)6)13-30(19(31)32)15-9-10-29(12-15)18(22(23,24)25)14-7-8-17(28-26)27-11-14/h7-8,11,15-16,18H,9-10,12-13,26H2,1-6H3,(H,27,28)(H,31,32)/t15-,16?,18+/m0/s1. The van der Waals surface area contributed by atoms with Crippen molar-refractivity contribution >= 4 is 11.9 Å². The van der Waals surface area contributed by atoms with Crippen LogP contribution in [0.5, 0.6) is 0 Å². The topological polar surface area (TPSA) is 104 Å². The number of ether oxygens (including phenoxy) is 1. The highest BCUT2D eigenvalue weighted by Gasteiger charge is 2.48. The molecule has 1 aliphatic heterocycles. The predicted octanol–water partition coefficient (Wildman–Crippen LogP) is 4.25. The lowest BCUT2D eigenvalue weighted by Crippen LogP contribution is -2.51. The zero-order valence-corrected chi connectivity index (χ0v) is 20.1. The molecule has 0 aliphatic carbocycles. The van der Waals surface area contributed by atoms with Crippen LogP contribution >= 0.6 is 0 Å². The number of hydrazine groups is 1. The van der Waals surface area contributed by atoms with Gasteiger partial charge in [-0.2, -0.15) is 13.2 Å². The number of rotatable bonds is 7. The van der Waals surface area contributed by atoms with Gasteiger partial charge in [-0.3, -0.25) is 4.90 Å². The van der Waals surface area contributed by atoms with E-state index in [1.807, 2.05) is 41.5 Å². The SMILES string of the molecule is CC(C)(C)OC(CN(C(=O)O)[C@H]1CCN([C@H](c2ccc(NN)nc2)C(F)(F)F)C1)C(C)(C)C. The maximum absolute atomic E-state index is 14.0. The van der Waals surface area contributed by atoms with E-state index in [0.717, 1.165) is 6.20 Å². The molecule has 0 saturated carbocycles. The van der Waals surface area contributed by atoms with Gasteiger partial charge in [0.25, 0.3) is 0 Å². The Balaban J connectivity index is 2.25. The lowest BCUT2D eigenvalue weighted by molar-refractivity contribution is -0.184. The number of nitrogens with zero attached hydrogens (tertiary/aromatic N) is 3. The first-order valence-corrected chi connectivity index (χ1v) is 10.9. The zero-order valence-electron chi connectivity index (χ0n) is 20.1. The number of hydrogen-bond donors (Lipinski definition) is 3. The molecule has 1 saturated heterocycles. The third-order valence-corrected chi connectivity index (χ3v) is 5.63. The third-order valence-electron chi connectivity index (χ3n) is 5.63. The average Bonchev–Trinajstić information content (AvgIpc) is 3.11. The molecule has 2 rings (SSSR count). The van der Waals surface area contributed by atoms with Crippen LogP contribution in [0.15, 0.2) is 18.3 Å². The van der Waals surface area contributed by atoms with Gasteiger partial charge in [0.15, 0.2) is 0 Å². The van der Waals surface area contributed by atoms with Crippen molar-refractivity contribution in [2.75, 3.05) is 25.1 Å². The van der Waals surface area contributed by atoms with Gasteiger partial charge in [0.05, 0.1) is 18.2 Å². The molecule has 188 valence electrons.